The van der Waals surface area contributed by atoms with Gasteiger partial charge in [-0.1, -0.05) is 51.0 Å². The Morgan fingerprint density at radius 3 is 2.48 bits per heavy atom. The molecule has 23 heavy (non-hydrogen) atoms. The Kier molecular flexibility index (Phi) is 5.55. The van der Waals surface area contributed by atoms with E-state index in [1.54, 1.807) is 11.8 Å². The minimum atomic E-state index is -0.0983. The molecule has 0 spiro atoms. The average molecular weight is 337 g/mol. The summed E-state index contributed by atoms with van der Waals surface area (Å²) in [5.74, 6) is 1.42. The molecule has 2 rings (SSSR count). The summed E-state index contributed by atoms with van der Waals surface area (Å²) in [6.45, 7) is 15.8. The van der Waals surface area contributed by atoms with E-state index in [1.807, 2.05) is 0 Å². The van der Waals surface area contributed by atoms with E-state index in [0.29, 0.717) is 5.89 Å². The topological polar surface area (TPSA) is 56.7 Å². The van der Waals surface area contributed by atoms with Gasteiger partial charge in [0.25, 0.3) is 0 Å². The van der Waals surface area contributed by atoms with Gasteiger partial charge in [-0.15, -0.1) is 0 Å². The third-order valence-corrected chi connectivity index (χ3v) is 4.98. The van der Waals surface area contributed by atoms with Crippen LogP contribution in [0.2, 0.25) is 0 Å². The number of hydrogen-bond donors (Lipinski definition) is 0. The van der Waals surface area contributed by atoms with E-state index < -0.39 is 0 Å². The van der Waals surface area contributed by atoms with E-state index in [-0.39, 0.29) is 10.7 Å². The molecule has 0 radical (unpaired) electrons. The quantitative estimate of drug-likeness (QED) is 0.707. The second-order valence-electron chi connectivity index (χ2n) is 7.04. The lowest BCUT2D eigenvalue weighted by atomic mass is 9.96. The van der Waals surface area contributed by atoms with Crippen molar-refractivity contribution in [2.24, 2.45) is 0 Å². The van der Waals surface area contributed by atoms with Crippen LogP contribution in [0, 0.1) is 13.8 Å². The largest absolute Gasteiger partial charge is 0.338 e. The molecule has 0 aliphatic rings. The van der Waals surface area contributed by atoms with Crippen LogP contribution >= 0.6 is 11.8 Å². The Bertz CT molecular complexity index is 654. The number of thioether (sulfide) groups is 1. The molecule has 1 unspecified atom stereocenters. The molecule has 0 bridgehead atoms. The first-order valence-electron chi connectivity index (χ1n) is 8.28. The molecule has 0 aromatic carbocycles. The second kappa shape index (κ2) is 7.07. The highest BCUT2D eigenvalue weighted by atomic mass is 32.2. The molecule has 0 saturated heterocycles. The Morgan fingerprint density at radius 1 is 1.22 bits per heavy atom. The zero-order chi connectivity index (χ0) is 17.2. The predicted molar refractivity (Wildman–Crippen MR) is 93.9 cm³/mol. The van der Waals surface area contributed by atoms with Gasteiger partial charge in [-0.05, 0) is 27.2 Å². The van der Waals surface area contributed by atoms with Gasteiger partial charge in [-0.25, -0.2) is 4.98 Å². The molecule has 0 aliphatic heterocycles. The van der Waals surface area contributed by atoms with Crippen molar-refractivity contribution in [3.63, 3.8) is 0 Å². The van der Waals surface area contributed by atoms with Gasteiger partial charge in [-0.3, -0.25) is 0 Å². The average Bonchev–Trinajstić information content (AvgIpc) is 3.04. The third kappa shape index (κ3) is 4.16. The number of aryl methyl sites for hydroxylation is 1. The molecule has 2 aromatic rings. The van der Waals surface area contributed by atoms with Gasteiger partial charge in [0.15, 0.2) is 11.0 Å². The number of aromatic nitrogens is 4. The fourth-order valence-electron chi connectivity index (χ4n) is 2.21. The molecule has 128 valence electrons. The SMILES string of the molecule is CCCCn1c(SC(C)c2nc(C(C)(C)C)no2)nc(C)c1C. The predicted octanol–water partition coefficient (Wildman–Crippen LogP) is 4.83. The highest BCUT2D eigenvalue weighted by Gasteiger charge is 2.25. The summed E-state index contributed by atoms with van der Waals surface area (Å²) >= 11 is 1.69. The van der Waals surface area contributed by atoms with Crippen molar-refractivity contribution in [3.8, 4) is 0 Å². The van der Waals surface area contributed by atoms with E-state index in [2.05, 4.69) is 63.2 Å². The van der Waals surface area contributed by atoms with Crippen molar-refractivity contribution in [1.29, 1.82) is 0 Å². The molecule has 0 fully saturated rings. The molecule has 2 heterocycles. The van der Waals surface area contributed by atoms with E-state index in [1.165, 1.54) is 12.1 Å². The van der Waals surface area contributed by atoms with Crippen LogP contribution in [-0.2, 0) is 12.0 Å². The van der Waals surface area contributed by atoms with Crippen molar-refractivity contribution in [2.75, 3.05) is 0 Å². The number of nitrogens with zero attached hydrogens (tertiary/aromatic N) is 4. The summed E-state index contributed by atoms with van der Waals surface area (Å²) in [4.78, 5) is 9.28. The minimum Gasteiger partial charge on any atom is -0.338 e. The normalized spacial score (nSPS) is 13.5. The van der Waals surface area contributed by atoms with Crippen LogP contribution in [0.25, 0.3) is 0 Å². The molecule has 0 amide bonds. The summed E-state index contributed by atoms with van der Waals surface area (Å²) in [7, 11) is 0. The molecular weight excluding hydrogens is 308 g/mol. The van der Waals surface area contributed by atoms with Crippen LogP contribution in [0.1, 0.15) is 75.8 Å². The Morgan fingerprint density at radius 2 is 1.91 bits per heavy atom. The van der Waals surface area contributed by atoms with Gasteiger partial charge in [-0.2, -0.15) is 4.98 Å². The van der Waals surface area contributed by atoms with Crippen LogP contribution < -0.4 is 0 Å². The van der Waals surface area contributed by atoms with Crippen molar-refractivity contribution in [3.05, 3.63) is 23.1 Å². The molecular formula is C17H28N4OS. The van der Waals surface area contributed by atoms with Crippen molar-refractivity contribution in [2.45, 2.75) is 83.7 Å². The van der Waals surface area contributed by atoms with Crippen LogP contribution in [0.3, 0.4) is 0 Å². The molecule has 1 atom stereocenters. The van der Waals surface area contributed by atoms with Gasteiger partial charge in [0, 0.05) is 17.7 Å². The summed E-state index contributed by atoms with van der Waals surface area (Å²) in [6, 6.07) is 0. The van der Waals surface area contributed by atoms with Crippen LogP contribution in [-0.4, -0.2) is 19.7 Å². The number of hydrogen-bond acceptors (Lipinski definition) is 5. The maximum absolute atomic E-state index is 5.46. The molecule has 0 saturated carbocycles. The zero-order valence-corrected chi connectivity index (χ0v) is 16.1. The summed E-state index contributed by atoms with van der Waals surface area (Å²) in [6.07, 6.45) is 2.34. The highest BCUT2D eigenvalue weighted by Crippen LogP contribution is 2.35. The second-order valence-corrected chi connectivity index (χ2v) is 8.34. The first-order chi connectivity index (χ1) is 10.7. The summed E-state index contributed by atoms with van der Waals surface area (Å²) in [5, 5.41) is 5.24. The van der Waals surface area contributed by atoms with Crippen molar-refractivity contribution >= 4 is 11.8 Å². The number of unbranched alkanes of at least 4 members (excludes halogenated alkanes) is 1. The van der Waals surface area contributed by atoms with Crippen molar-refractivity contribution < 1.29 is 4.52 Å². The Balaban J connectivity index is 2.18. The minimum absolute atomic E-state index is 0.0835. The van der Waals surface area contributed by atoms with Crippen LogP contribution in [0.15, 0.2) is 9.68 Å². The monoisotopic (exact) mass is 336 g/mol. The number of rotatable bonds is 6. The van der Waals surface area contributed by atoms with Gasteiger partial charge in [0.1, 0.15) is 0 Å². The fraction of sp³-hybridized carbons (Fsp3) is 0.706. The number of imidazole rings is 1. The fourth-order valence-corrected chi connectivity index (χ4v) is 3.26. The van der Waals surface area contributed by atoms with Crippen LogP contribution in [0.5, 0.6) is 0 Å². The highest BCUT2D eigenvalue weighted by molar-refractivity contribution is 7.99. The van der Waals surface area contributed by atoms with Crippen LogP contribution in [0.4, 0.5) is 0 Å². The zero-order valence-electron chi connectivity index (χ0n) is 15.3. The summed E-state index contributed by atoms with van der Waals surface area (Å²) < 4.78 is 7.77. The third-order valence-electron chi connectivity index (χ3n) is 3.90. The van der Waals surface area contributed by atoms with E-state index in [4.69, 9.17) is 9.51 Å². The molecule has 0 N–H and O–H groups in total. The van der Waals surface area contributed by atoms with E-state index in [0.717, 1.165) is 29.6 Å². The maximum Gasteiger partial charge on any atom is 0.239 e. The van der Waals surface area contributed by atoms with Gasteiger partial charge >= 0.3 is 0 Å². The first-order valence-corrected chi connectivity index (χ1v) is 9.16. The lowest BCUT2D eigenvalue weighted by Gasteiger charge is -2.12. The molecule has 6 heteroatoms. The van der Waals surface area contributed by atoms with E-state index >= 15 is 0 Å². The molecule has 5 nitrogen and oxygen atoms in total. The van der Waals surface area contributed by atoms with Gasteiger partial charge < -0.3 is 9.09 Å². The smallest absolute Gasteiger partial charge is 0.239 e. The lowest BCUT2D eigenvalue weighted by molar-refractivity contribution is 0.364. The lowest BCUT2D eigenvalue weighted by Crippen LogP contribution is -2.13. The first kappa shape index (κ1) is 18.0. The van der Waals surface area contributed by atoms with Gasteiger partial charge in [0.05, 0.1) is 10.9 Å². The summed E-state index contributed by atoms with van der Waals surface area (Å²) in [5.41, 5.74) is 2.24. The maximum atomic E-state index is 5.46. The van der Waals surface area contributed by atoms with Gasteiger partial charge in [0.2, 0.25) is 5.89 Å². The van der Waals surface area contributed by atoms with Crippen molar-refractivity contribution in [1.82, 2.24) is 19.7 Å². The Labute approximate surface area is 143 Å². The standard InChI is InChI=1S/C17H28N4OS/c1-8-9-10-21-12(3)11(2)18-16(21)23-13(4)14-19-15(20-22-14)17(5,6)7/h13H,8-10H2,1-7H3. The van der Waals surface area contributed by atoms with E-state index in [9.17, 15) is 0 Å². The molecule has 2 aromatic heterocycles. The Hall–Kier alpha value is -1.30. The molecule has 0 aliphatic carbocycles.